The summed E-state index contributed by atoms with van der Waals surface area (Å²) in [6.07, 6.45) is 6.15. The highest BCUT2D eigenvalue weighted by molar-refractivity contribution is 7.98. The van der Waals surface area contributed by atoms with Crippen LogP contribution in [0, 0.1) is 13.8 Å². The van der Waals surface area contributed by atoms with Gasteiger partial charge in [0, 0.05) is 17.2 Å². The summed E-state index contributed by atoms with van der Waals surface area (Å²) in [4.78, 5) is 12.6. The van der Waals surface area contributed by atoms with Crippen LogP contribution in [0.25, 0.3) is 5.69 Å². The molecule has 34 heavy (non-hydrogen) atoms. The van der Waals surface area contributed by atoms with E-state index < -0.39 is 0 Å². The highest BCUT2D eigenvalue weighted by atomic mass is 35.5. The number of halogens is 1. The third-order valence-electron chi connectivity index (χ3n) is 5.96. The van der Waals surface area contributed by atoms with E-state index in [2.05, 4.69) is 47.6 Å². The number of unbranched alkanes of at least 4 members (excludes halogenated alkanes) is 4. The van der Waals surface area contributed by atoms with Crippen LogP contribution in [0.3, 0.4) is 0 Å². The maximum absolute atomic E-state index is 12.6. The van der Waals surface area contributed by atoms with Crippen LogP contribution in [0.1, 0.15) is 80.9 Å². The minimum absolute atomic E-state index is 0.0514. The molecule has 0 aliphatic rings. The first kappa shape index (κ1) is 26.3. The zero-order valence-corrected chi connectivity index (χ0v) is 22.2. The number of thioether (sulfide) groups is 1. The largest absolute Gasteiger partial charge is 0.346 e. The van der Waals surface area contributed by atoms with Gasteiger partial charge in [-0.15, -0.1) is 10.2 Å². The number of hydrogen-bond donors (Lipinski definition) is 1. The molecule has 0 saturated heterocycles. The number of aromatic nitrogens is 3. The number of hydrogen-bond acceptors (Lipinski definition) is 4. The van der Waals surface area contributed by atoms with Gasteiger partial charge in [0.25, 0.3) is 0 Å². The van der Waals surface area contributed by atoms with Crippen molar-refractivity contribution in [2.75, 3.05) is 0 Å². The van der Waals surface area contributed by atoms with Crippen molar-refractivity contribution in [1.29, 1.82) is 0 Å². The summed E-state index contributed by atoms with van der Waals surface area (Å²) in [6, 6.07) is 13.9. The summed E-state index contributed by atoms with van der Waals surface area (Å²) < 4.78 is 2.04. The van der Waals surface area contributed by atoms with Crippen molar-refractivity contribution >= 4 is 29.3 Å². The van der Waals surface area contributed by atoms with Gasteiger partial charge in [0.05, 0.1) is 11.7 Å². The molecule has 0 radical (unpaired) electrons. The van der Waals surface area contributed by atoms with Crippen LogP contribution in [0.4, 0.5) is 0 Å². The molecule has 7 heteroatoms. The normalized spacial score (nSPS) is 12.0. The second-order valence-electron chi connectivity index (χ2n) is 8.78. The quantitative estimate of drug-likeness (QED) is 0.209. The minimum atomic E-state index is -0.276. The predicted octanol–water partition coefficient (Wildman–Crippen LogP) is 7.37. The van der Waals surface area contributed by atoms with Crippen LogP contribution in [-0.4, -0.2) is 20.7 Å². The first-order chi connectivity index (χ1) is 16.4. The Morgan fingerprint density at radius 3 is 2.59 bits per heavy atom. The smallest absolute Gasteiger partial charge is 0.220 e. The number of amides is 1. The summed E-state index contributed by atoms with van der Waals surface area (Å²) in [6.45, 7) is 8.32. The van der Waals surface area contributed by atoms with Crippen molar-refractivity contribution in [3.05, 3.63) is 70.0 Å². The second-order valence-corrected chi connectivity index (χ2v) is 10.2. The molecule has 2 aromatic carbocycles. The molecule has 0 fully saturated rings. The van der Waals surface area contributed by atoms with Crippen molar-refractivity contribution in [1.82, 2.24) is 20.1 Å². The fourth-order valence-electron chi connectivity index (χ4n) is 3.89. The van der Waals surface area contributed by atoms with E-state index in [0.717, 1.165) is 35.0 Å². The van der Waals surface area contributed by atoms with E-state index in [-0.39, 0.29) is 11.9 Å². The fourth-order valence-corrected chi connectivity index (χ4v) is 5.08. The van der Waals surface area contributed by atoms with Crippen molar-refractivity contribution in [2.24, 2.45) is 0 Å². The van der Waals surface area contributed by atoms with E-state index in [1.807, 2.05) is 42.7 Å². The van der Waals surface area contributed by atoms with Crippen LogP contribution in [0.5, 0.6) is 0 Å². The van der Waals surface area contributed by atoms with Gasteiger partial charge in [-0.3, -0.25) is 9.36 Å². The average Bonchev–Trinajstić information content (AvgIpc) is 3.24. The second kappa shape index (κ2) is 13.0. The molecule has 0 bridgehead atoms. The summed E-state index contributed by atoms with van der Waals surface area (Å²) >= 11 is 7.99. The molecule has 1 aromatic heterocycles. The lowest BCUT2D eigenvalue weighted by atomic mass is 10.1. The minimum Gasteiger partial charge on any atom is -0.346 e. The van der Waals surface area contributed by atoms with E-state index in [1.54, 1.807) is 11.8 Å². The maximum atomic E-state index is 12.6. The predicted molar refractivity (Wildman–Crippen MR) is 142 cm³/mol. The Balaban J connectivity index is 1.81. The van der Waals surface area contributed by atoms with Gasteiger partial charge < -0.3 is 5.32 Å². The topological polar surface area (TPSA) is 59.8 Å². The Morgan fingerprint density at radius 2 is 1.82 bits per heavy atom. The molecule has 182 valence electrons. The summed E-state index contributed by atoms with van der Waals surface area (Å²) in [7, 11) is 0. The molecule has 1 unspecified atom stereocenters. The monoisotopic (exact) mass is 498 g/mol. The van der Waals surface area contributed by atoms with Crippen LogP contribution in [0.15, 0.2) is 47.6 Å². The number of carbonyl (C=O) groups is 1. The lowest BCUT2D eigenvalue weighted by molar-refractivity contribution is -0.121. The van der Waals surface area contributed by atoms with Crippen molar-refractivity contribution < 1.29 is 4.79 Å². The first-order valence-electron chi connectivity index (χ1n) is 12.1. The summed E-state index contributed by atoms with van der Waals surface area (Å²) in [5, 5.41) is 13.6. The van der Waals surface area contributed by atoms with Crippen LogP contribution in [0.2, 0.25) is 5.02 Å². The van der Waals surface area contributed by atoms with E-state index in [0.29, 0.717) is 17.3 Å². The zero-order chi connectivity index (χ0) is 24.5. The van der Waals surface area contributed by atoms with E-state index in [9.17, 15) is 4.79 Å². The molecule has 0 spiro atoms. The number of benzene rings is 2. The Bertz CT molecular complexity index is 1100. The molecule has 0 aliphatic heterocycles. The Morgan fingerprint density at radius 1 is 1.06 bits per heavy atom. The lowest BCUT2D eigenvalue weighted by Crippen LogP contribution is -2.28. The Labute approximate surface area is 212 Å². The third-order valence-corrected chi connectivity index (χ3v) is 7.17. The molecule has 1 atom stereocenters. The van der Waals surface area contributed by atoms with E-state index in [1.165, 1.54) is 30.4 Å². The Hall–Kier alpha value is -2.31. The van der Waals surface area contributed by atoms with E-state index in [4.69, 9.17) is 11.6 Å². The van der Waals surface area contributed by atoms with Gasteiger partial charge in [-0.1, -0.05) is 86.3 Å². The van der Waals surface area contributed by atoms with Gasteiger partial charge in [0.15, 0.2) is 11.0 Å². The molecular weight excluding hydrogens is 464 g/mol. The maximum Gasteiger partial charge on any atom is 0.220 e. The third kappa shape index (κ3) is 7.09. The number of rotatable bonds is 12. The lowest BCUT2D eigenvalue weighted by Gasteiger charge is -2.18. The Kier molecular flexibility index (Phi) is 10.0. The standard InChI is InChI=1S/C27H35ClN4OS/c1-5-6-7-8-9-14-25(33)29-21(4)26-30-31-27(34-18-22-13-11-10-12-19(22)2)32(26)24-17-23(28)16-15-20(24)3/h10-13,15-17,21H,5-9,14,18H2,1-4H3,(H,29,33). The van der Waals surface area contributed by atoms with Crippen molar-refractivity contribution in [3.8, 4) is 5.69 Å². The highest BCUT2D eigenvalue weighted by Crippen LogP contribution is 2.31. The number of aryl methyl sites for hydroxylation is 2. The molecule has 3 rings (SSSR count). The van der Waals surface area contributed by atoms with Gasteiger partial charge in [-0.05, 0) is 56.0 Å². The summed E-state index contributed by atoms with van der Waals surface area (Å²) in [5.74, 6) is 1.54. The highest BCUT2D eigenvalue weighted by Gasteiger charge is 2.22. The number of nitrogens with one attached hydrogen (secondary N) is 1. The van der Waals surface area contributed by atoms with Crippen LogP contribution in [-0.2, 0) is 10.5 Å². The molecule has 1 heterocycles. The van der Waals surface area contributed by atoms with Gasteiger partial charge in [-0.2, -0.15) is 0 Å². The van der Waals surface area contributed by atoms with Gasteiger partial charge >= 0.3 is 0 Å². The first-order valence-corrected chi connectivity index (χ1v) is 13.5. The molecule has 1 amide bonds. The number of carbonyl (C=O) groups excluding carboxylic acids is 1. The molecule has 0 saturated carbocycles. The van der Waals surface area contributed by atoms with Crippen LogP contribution >= 0.6 is 23.4 Å². The molecule has 5 nitrogen and oxygen atoms in total. The van der Waals surface area contributed by atoms with Gasteiger partial charge in [-0.25, -0.2) is 0 Å². The zero-order valence-electron chi connectivity index (χ0n) is 20.6. The number of nitrogens with zero attached hydrogens (tertiary/aromatic N) is 3. The summed E-state index contributed by atoms with van der Waals surface area (Å²) in [5.41, 5.74) is 4.51. The van der Waals surface area contributed by atoms with Gasteiger partial charge in [0.2, 0.25) is 5.91 Å². The van der Waals surface area contributed by atoms with Crippen molar-refractivity contribution in [3.63, 3.8) is 0 Å². The molecular formula is C27H35ClN4OS. The molecule has 0 aliphatic carbocycles. The van der Waals surface area contributed by atoms with Crippen LogP contribution < -0.4 is 5.32 Å². The van der Waals surface area contributed by atoms with E-state index >= 15 is 0 Å². The fraction of sp³-hybridized carbons (Fsp3) is 0.444. The van der Waals surface area contributed by atoms with Gasteiger partial charge in [0.1, 0.15) is 0 Å². The average molecular weight is 499 g/mol. The molecule has 1 N–H and O–H groups in total. The molecule has 3 aromatic rings. The SMILES string of the molecule is CCCCCCCC(=O)NC(C)c1nnc(SCc2ccccc2C)n1-c1cc(Cl)ccc1C. The van der Waals surface area contributed by atoms with Crippen molar-refractivity contribution in [2.45, 2.75) is 83.2 Å².